The van der Waals surface area contributed by atoms with Gasteiger partial charge in [0, 0.05) is 6.07 Å². The summed E-state index contributed by atoms with van der Waals surface area (Å²) < 4.78 is 23.5. The second-order valence-electron chi connectivity index (χ2n) is 3.85. The molecule has 106 valence electrons. The Kier molecular flexibility index (Phi) is 3.78. The van der Waals surface area contributed by atoms with Crippen LogP contribution in [0.2, 0.25) is 0 Å². The largest absolute Gasteiger partial charge is 0.490 e. The summed E-state index contributed by atoms with van der Waals surface area (Å²) in [5.74, 6) is -0.0721. The van der Waals surface area contributed by atoms with E-state index in [4.69, 9.17) is 9.26 Å². The van der Waals surface area contributed by atoms with Crippen LogP contribution in [0, 0.1) is 22.9 Å². The molecule has 0 unspecified atom stereocenters. The third-order valence-electron chi connectivity index (χ3n) is 2.46. The Labute approximate surface area is 112 Å². The van der Waals surface area contributed by atoms with Crippen molar-refractivity contribution in [3.8, 4) is 5.75 Å². The second-order valence-corrected chi connectivity index (χ2v) is 3.85. The lowest BCUT2D eigenvalue weighted by atomic mass is 10.2. The van der Waals surface area contributed by atoms with Crippen LogP contribution in [0.1, 0.15) is 11.7 Å². The normalized spacial score (nSPS) is 10.3. The van der Waals surface area contributed by atoms with Crippen LogP contribution in [0.4, 0.5) is 15.8 Å². The molecule has 1 heterocycles. The molecular formula is C11H11FN4O4. The topological polar surface area (TPSA) is 103 Å². The van der Waals surface area contributed by atoms with Gasteiger partial charge in [-0.25, -0.2) is 4.39 Å². The average molecular weight is 282 g/mol. The van der Waals surface area contributed by atoms with Gasteiger partial charge in [0.25, 0.3) is 0 Å². The van der Waals surface area contributed by atoms with Gasteiger partial charge < -0.3 is 14.6 Å². The average Bonchev–Trinajstić information content (AvgIpc) is 2.82. The van der Waals surface area contributed by atoms with E-state index in [-0.39, 0.29) is 23.9 Å². The van der Waals surface area contributed by atoms with Crippen molar-refractivity contribution in [2.24, 2.45) is 0 Å². The number of benzene rings is 1. The summed E-state index contributed by atoms with van der Waals surface area (Å²) in [5.41, 5.74) is -0.396. The van der Waals surface area contributed by atoms with E-state index in [0.29, 0.717) is 5.82 Å². The molecule has 20 heavy (non-hydrogen) atoms. The Hall–Kier alpha value is -2.71. The SMILES string of the molecule is COc1cc(NCc2nc(C)no2)c(F)cc1[N+](=O)[O-]. The Morgan fingerprint density at radius 2 is 2.30 bits per heavy atom. The van der Waals surface area contributed by atoms with E-state index in [2.05, 4.69) is 15.5 Å². The van der Waals surface area contributed by atoms with Gasteiger partial charge in [-0.05, 0) is 6.92 Å². The van der Waals surface area contributed by atoms with Gasteiger partial charge >= 0.3 is 5.69 Å². The number of aryl methyl sites for hydroxylation is 1. The number of anilines is 1. The van der Waals surface area contributed by atoms with E-state index in [9.17, 15) is 14.5 Å². The molecule has 0 saturated carbocycles. The smallest absolute Gasteiger partial charge is 0.313 e. The fraction of sp³-hybridized carbons (Fsp3) is 0.273. The number of ether oxygens (including phenoxy) is 1. The molecule has 2 aromatic rings. The molecule has 0 saturated heterocycles. The number of halogens is 1. The minimum atomic E-state index is -0.770. The summed E-state index contributed by atoms with van der Waals surface area (Å²) in [7, 11) is 1.27. The Balaban J connectivity index is 2.21. The summed E-state index contributed by atoms with van der Waals surface area (Å²) in [6.45, 7) is 1.75. The van der Waals surface area contributed by atoms with Crippen LogP contribution in [0.25, 0.3) is 0 Å². The molecule has 0 aliphatic rings. The highest BCUT2D eigenvalue weighted by atomic mass is 19.1. The van der Waals surface area contributed by atoms with Gasteiger partial charge in [0.15, 0.2) is 17.4 Å². The summed E-state index contributed by atoms with van der Waals surface area (Å²) >= 11 is 0. The number of rotatable bonds is 5. The van der Waals surface area contributed by atoms with E-state index in [1.807, 2.05) is 0 Å². The molecule has 0 fully saturated rings. The number of nitro benzene ring substituents is 1. The second kappa shape index (κ2) is 5.51. The molecule has 0 spiro atoms. The summed E-state index contributed by atoms with van der Waals surface area (Å²) in [6, 6.07) is 2.00. The monoisotopic (exact) mass is 282 g/mol. The first-order valence-corrected chi connectivity index (χ1v) is 5.56. The quantitative estimate of drug-likeness (QED) is 0.661. The lowest BCUT2D eigenvalue weighted by Crippen LogP contribution is -2.04. The van der Waals surface area contributed by atoms with Crippen molar-refractivity contribution in [1.29, 1.82) is 0 Å². The van der Waals surface area contributed by atoms with Gasteiger partial charge in [-0.15, -0.1) is 0 Å². The number of aromatic nitrogens is 2. The summed E-state index contributed by atoms with van der Waals surface area (Å²) in [4.78, 5) is 14.0. The molecule has 0 bridgehead atoms. The summed E-state index contributed by atoms with van der Waals surface area (Å²) in [5, 5.41) is 17.0. The van der Waals surface area contributed by atoms with Crippen molar-refractivity contribution >= 4 is 11.4 Å². The van der Waals surface area contributed by atoms with E-state index in [1.165, 1.54) is 13.2 Å². The number of nitrogens with zero attached hydrogens (tertiary/aromatic N) is 3. The van der Waals surface area contributed by atoms with Crippen LogP contribution in [0.15, 0.2) is 16.7 Å². The van der Waals surface area contributed by atoms with Crippen LogP contribution in [-0.4, -0.2) is 22.2 Å². The zero-order valence-corrected chi connectivity index (χ0v) is 10.7. The Morgan fingerprint density at radius 1 is 1.55 bits per heavy atom. The van der Waals surface area contributed by atoms with Crippen molar-refractivity contribution in [2.45, 2.75) is 13.5 Å². The minimum Gasteiger partial charge on any atom is -0.490 e. The third kappa shape index (κ3) is 2.82. The zero-order valence-electron chi connectivity index (χ0n) is 10.7. The molecular weight excluding hydrogens is 271 g/mol. The zero-order chi connectivity index (χ0) is 14.7. The molecule has 0 amide bonds. The van der Waals surface area contributed by atoms with Crippen LogP contribution in [0.5, 0.6) is 5.75 Å². The number of nitrogens with one attached hydrogen (secondary N) is 1. The lowest BCUT2D eigenvalue weighted by Gasteiger charge is -2.08. The van der Waals surface area contributed by atoms with Crippen molar-refractivity contribution < 1.29 is 18.6 Å². The highest BCUT2D eigenvalue weighted by Gasteiger charge is 2.19. The van der Waals surface area contributed by atoms with Crippen molar-refractivity contribution in [2.75, 3.05) is 12.4 Å². The van der Waals surface area contributed by atoms with Crippen LogP contribution < -0.4 is 10.1 Å². The van der Waals surface area contributed by atoms with Crippen LogP contribution in [-0.2, 0) is 6.54 Å². The molecule has 1 aromatic carbocycles. The molecule has 9 heteroatoms. The molecule has 0 atom stereocenters. The van der Waals surface area contributed by atoms with E-state index >= 15 is 0 Å². The predicted molar refractivity (Wildman–Crippen MR) is 66.0 cm³/mol. The maximum atomic E-state index is 13.7. The fourth-order valence-corrected chi connectivity index (χ4v) is 1.57. The first-order valence-electron chi connectivity index (χ1n) is 5.56. The van der Waals surface area contributed by atoms with Gasteiger partial charge in [0.2, 0.25) is 5.89 Å². The van der Waals surface area contributed by atoms with E-state index in [0.717, 1.165) is 6.07 Å². The lowest BCUT2D eigenvalue weighted by molar-refractivity contribution is -0.385. The number of nitro groups is 1. The van der Waals surface area contributed by atoms with E-state index < -0.39 is 16.4 Å². The molecule has 0 radical (unpaired) electrons. The molecule has 1 aromatic heterocycles. The molecule has 8 nitrogen and oxygen atoms in total. The van der Waals surface area contributed by atoms with Gasteiger partial charge in [-0.1, -0.05) is 5.16 Å². The fourth-order valence-electron chi connectivity index (χ4n) is 1.57. The third-order valence-corrected chi connectivity index (χ3v) is 2.46. The molecule has 2 rings (SSSR count). The first kappa shape index (κ1) is 13.7. The van der Waals surface area contributed by atoms with Gasteiger partial charge in [-0.3, -0.25) is 10.1 Å². The highest BCUT2D eigenvalue weighted by Crippen LogP contribution is 2.32. The van der Waals surface area contributed by atoms with Crippen molar-refractivity contribution in [3.63, 3.8) is 0 Å². The maximum absolute atomic E-state index is 13.7. The standard InChI is InChI=1S/C11H11FN4O4/c1-6-14-11(20-15-6)5-13-8-4-10(19-2)9(16(17)18)3-7(8)12/h3-4,13H,5H2,1-2H3. The van der Waals surface area contributed by atoms with E-state index in [1.54, 1.807) is 6.92 Å². The highest BCUT2D eigenvalue weighted by molar-refractivity contribution is 5.59. The van der Waals surface area contributed by atoms with Crippen LogP contribution in [0.3, 0.4) is 0 Å². The first-order chi connectivity index (χ1) is 9.51. The Bertz CT molecular complexity index is 643. The van der Waals surface area contributed by atoms with Gasteiger partial charge in [0.05, 0.1) is 30.3 Å². The number of hydrogen-bond donors (Lipinski definition) is 1. The molecule has 0 aliphatic carbocycles. The molecule has 0 aliphatic heterocycles. The van der Waals surface area contributed by atoms with Gasteiger partial charge in [0.1, 0.15) is 0 Å². The predicted octanol–water partition coefficient (Wildman–Crippen LogP) is 2.05. The summed E-state index contributed by atoms with van der Waals surface area (Å²) in [6.07, 6.45) is 0. The Morgan fingerprint density at radius 3 is 2.85 bits per heavy atom. The maximum Gasteiger partial charge on any atom is 0.313 e. The van der Waals surface area contributed by atoms with Crippen molar-refractivity contribution in [3.05, 3.63) is 39.8 Å². The number of hydrogen-bond acceptors (Lipinski definition) is 7. The molecule has 1 N–H and O–H groups in total. The van der Waals surface area contributed by atoms with Crippen molar-refractivity contribution in [1.82, 2.24) is 10.1 Å². The number of methoxy groups -OCH3 is 1. The minimum absolute atomic E-state index is 0.0411. The van der Waals surface area contributed by atoms with Gasteiger partial charge in [-0.2, -0.15) is 4.98 Å². The van der Waals surface area contributed by atoms with Crippen LogP contribution >= 0.6 is 0 Å².